The van der Waals surface area contributed by atoms with E-state index in [9.17, 15) is 9.59 Å². The maximum Gasteiger partial charge on any atom is 0.264 e. The summed E-state index contributed by atoms with van der Waals surface area (Å²) in [5.41, 5.74) is 2.92. The van der Waals surface area contributed by atoms with Crippen LogP contribution in [0.3, 0.4) is 0 Å². The lowest BCUT2D eigenvalue weighted by Gasteiger charge is -2.31. The smallest absolute Gasteiger partial charge is 0.264 e. The molecule has 0 radical (unpaired) electrons. The van der Waals surface area contributed by atoms with Gasteiger partial charge >= 0.3 is 0 Å². The van der Waals surface area contributed by atoms with Gasteiger partial charge in [-0.2, -0.15) is 0 Å². The standard InChI is InChI=1S/C24H25N7O2/c1-16-6-10-30(15-19-14-25-17(2)13-26-19)24(33)21(16)23(32)29-11-7-18(8-12-29)22-28-27-20-5-3-4-9-31(20)22/h3-6,9-10,13-14,18H,7-8,11-12,15H2,1-2H3. The van der Waals surface area contributed by atoms with Crippen LogP contribution in [-0.4, -0.2) is 53.0 Å². The van der Waals surface area contributed by atoms with Crippen molar-refractivity contribution in [3.63, 3.8) is 0 Å². The minimum Gasteiger partial charge on any atom is -0.338 e. The number of aryl methyl sites for hydroxylation is 2. The first-order valence-electron chi connectivity index (χ1n) is 11.1. The molecular formula is C24H25N7O2. The lowest BCUT2D eigenvalue weighted by atomic mass is 9.95. The monoisotopic (exact) mass is 443 g/mol. The Hall–Kier alpha value is -3.88. The van der Waals surface area contributed by atoms with Crippen LogP contribution in [0.15, 0.2) is 53.8 Å². The van der Waals surface area contributed by atoms with Crippen LogP contribution in [0.25, 0.3) is 5.65 Å². The van der Waals surface area contributed by atoms with Crippen molar-refractivity contribution < 1.29 is 4.79 Å². The van der Waals surface area contributed by atoms with Gasteiger partial charge in [0.25, 0.3) is 11.5 Å². The van der Waals surface area contributed by atoms with Gasteiger partial charge in [0.1, 0.15) is 11.4 Å². The van der Waals surface area contributed by atoms with Crippen molar-refractivity contribution in [3.8, 4) is 0 Å². The molecule has 0 unspecified atom stereocenters. The van der Waals surface area contributed by atoms with Gasteiger partial charge in [-0.3, -0.25) is 24.0 Å². The first-order chi connectivity index (χ1) is 16.0. The molecule has 0 atom stereocenters. The molecule has 1 amide bonds. The number of amides is 1. The highest BCUT2D eigenvalue weighted by Gasteiger charge is 2.29. The van der Waals surface area contributed by atoms with E-state index >= 15 is 0 Å². The van der Waals surface area contributed by atoms with Crippen LogP contribution in [0, 0.1) is 13.8 Å². The zero-order valence-electron chi connectivity index (χ0n) is 18.7. The third kappa shape index (κ3) is 4.02. The normalized spacial score (nSPS) is 14.7. The van der Waals surface area contributed by atoms with Crippen molar-refractivity contribution >= 4 is 11.6 Å². The molecule has 1 saturated heterocycles. The van der Waals surface area contributed by atoms with Gasteiger partial charge in [0.2, 0.25) is 0 Å². The summed E-state index contributed by atoms with van der Waals surface area (Å²) in [6, 6.07) is 7.64. The van der Waals surface area contributed by atoms with Crippen LogP contribution in [0.2, 0.25) is 0 Å². The van der Waals surface area contributed by atoms with Crippen LogP contribution < -0.4 is 5.56 Å². The van der Waals surface area contributed by atoms with E-state index in [4.69, 9.17) is 0 Å². The number of pyridine rings is 2. The van der Waals surface area contributed by atoms with Gasteiger partial charge in [-0.05, 0) is 50.5 Å². The van der Waals surface area contributed by atoms with Crippen molar-refractivity contribution in [2.45, 2.75) is 39.2 Å². The summed E-state index contributed by atoms with van der Waals surface area (Å²) in [6.07, 6.45) is 8.56. The number of piperidine rings is 1. The SMILES string of the molecule is Cc1cnc(Cn2ccc(C)c(C(=O)N3CCC(c4nnc5ccccn45)CC3)c2=O)cn1. The van der Waals surface area contributed by atoms with Crippen LogP contribution in [0.4, 0.5) is 0 Å². The number of hydrogen-bond acceptors (Lipinski definition) is 6. The molecule has 4 aromatic heterocycles. The number of rotatable bonds is 4. The Balaban J connectivity index is 1.33. The van der Waals surface area contributed by atoms with Gasteiger partial charge in [-0.1, -0.05) is 6.07 Å². The predicted octanol–water partition coefficient (Wildman–Crippen LogP) is 2.37. The zero-order chi connectivity index (χ0) is 22.9. The molecule has 9 nitrogen and oxygen atoms in total. The van der Waals surface area contributed by atoms with Crippen molar-refractivity contribution in [1.82, 2.24) is 34.0 Å². The lowest BCUT2D eigenvalue weighted by molar-refractivity contribution is 0.0707. The van der Waals surface area contributed by atoms with E-state index in [0.717, 1.165) is 30.0 Å². The van der Waals surface area contributed by atoms with Crippen LogP contribution in [0.5, 0.6) is 0 Å². The molecule has 168 valence electrons. The Labute approximate surface area is 190 Å². The summed E-state index contributed by atoms with van der Waals surface area (Å²) in [5.74, 6) is 0.932. The molecule has 0 spiro atoms. The highest BCUT2D eigenvalue weighted by molar-refractivity contribution is 5.95. The molecule has 0 N–H and O–H groups in total. The summed E-state index contributed by atoms with van der Waals surface area (Å²) in [6.45, 7) is 5.08. The molecular weight excluding hydrogens is 418 g/mol. The maximum atomic E-state index is 13.3. The minimum absolute atomic E-state index is 0.216. The number of fused-ring (bicyclic) bond motifs is 1. The largest absolute Gasteiger partial charge is 0.338 e. The summed E-state index contributed by atoms with van der Waals surface area (Å²) in [5, 5.41) is 8.62. The Kier molecular flexibility index (Phi) is 5.45. The predicted molar refractivity (Wildman–Crippen MR) is 122 cm³/mol. The van der Waals surface area contributed by atoms with Crippen molar-refractivity contribution in [3.05, 3.63) is 87.7 Å². The second kappa shape index (κ2) is 8.57. The number of carbonyl (C=O) groups excluding carboxylic acids is 1. The molecule has 9 heteroatoms. The van der Waals surface area contributed by atoms with E-state index in [1.165, 1.54) is 4.57 Å². The summed E-state index contributed by atoms with van der Waals surface area (Å²) >= 11 is 0. The molecule has 1 aliphatic heterocycles. The Morgan fingerprint density at radius 2 is 1.85 bits per heavy atom. The van der Waals surface area contributed by atoms with E-state index in [-0.39, 0.29) is 29.5 Å². The van der Waals surface area contributed by atoms with Gasteiger partial charge in [-0.15, -0.1) is 10.2 Å². The highest BCUT2D eigenvalue weighted by Crippen LogP contribution is 2.27. The van der Waals surface area contributed by atoms with E-state index in [1.54, 1.807) is 30.4 Å². The second-order valence-electron chi connectivity index (χ2n) is 8.51. The van der Waals surface area contributed by atoms with E-state index in [1.807, 2.05) is 41.8 Å². The zero-order valence-corrected chi connectivity index (χ0v) is 18.7. The quantitative estimate of drug-likeness (QED) is 0.480. The molecule has 1 fully saturated rings. The molecule has 0 aliphatic carbocycles. The molecule has 0 saturated carbocycles. The van der Waals surface area contributed by atoms with Crippen LogP contribution in [-0.2, 0) is 6.54 Å². The first kappa shape index (κ1) is 21.0. The second-order valence-corrected chi connectivity index (χ2v) is 8.51. The average Bonchev–Trinajstić information content (AvgIpc) is 3.26. The molecule has 5 rings (SSSR count). The molecule has 5 heterocycles. The van der Waals surface area contributed by atoms with Gasteiger partial charge in [-0.25, -0.2) is 0 Å². The van der Waals surface area contributed by atoms with Crippen molar-refractivity contribution in [1.29, 1.82) is 0 Å². The maximum absolute atomic E-state index is 13.3. The molecule has 33 heavy (non-hydrogen) atoms. The van der Waals surface area contributed by atoms with Crippen molar-refractivity contribution in [2.24, 2.45) is 0 Å². The molecule has 4 aromatic rings. The average molecular weight is 444 g/mol. The first-order valence-corrected chi connectivity index (χ1v) is 11.1. The van der Waals surface area contributed by atoms with E-state index < -0.39 is 0 Å². The number of likely N-dealkylation sites (tertiary alicyclic amines) is 1. The Morgan fingerprint density at radius 3 is 2.61 bits per heavy atom. The molecule has 0 aromatic carbocycles. The number of aromatic nitrogens is 6. The third-order valence-corrected chi connectivity index (χ3v) is 6.24. The minimum atomic E-state index is -0.298. The Bertz CT molecular complexity index is 1370. The van der Waals surface area contributed by atoms with Crippen molar-refractivity contribution in [2.75, 3.05) is 13.1 Å². The highest BCUT2D eigenvalue weighted by atomic mass is 16.2. The fourth-order valence-corrected chi connectivity index (χ4v) is 4.36. The van der Waals surface area contributed by atoms with Gasteiger partial charge in [0, 0.05) is 37.6 Å². The number of carbonyl (C=O) groups is 1. The lowest BCUT2D eigenvalue weighted by Crippen LogP contribution is -2.42. The van der Waals surface area contributed by atoms with E-state index in [0.29, 0.717) is 24.3 Å². The number of hydrogen-bond donors (Lipinski definition) is 0. The van der Waals surface area contributed by atoms with E-state index in [2.05, 4.69) is 20.2 Å². The van der Waals surface area contributed by atoms with Crippen LogP contribution >= 0.6 is 0 Å². The topological polar surface area (TPSA) is 98.3 Å². The van der Waals surface area contributed by atoms with Gasteiger partial charge < -0.3 is 9.47 Å². The summed E-state index contributed by atoms with van der Waals surface area (Å²) in [7, 11) is 0. The fourth-order valence-electron chi connectivity index (χ4n) is 4.36. The van der Waals surface area contributed by atoms with Gasteiger partial charge in [0.05, 0.1) is 24.1 Å². The molecule has 1 aliphatic rings. The summed E-state index contributed by atoms with van der Waals surface area (Å²) < 4.78 is 3.53. The fraction of sp³-hybridized carbons (Fsp3) is 0.333. The van der Waals surface area contributed by atoms with Gasteiger partial charge in [0.15, 0.2) is 5.65 Å². The number of nitrogens with zero attached hydrogens (tertiary/aromatic N) is 7. The Morgan fingerprint density at radius 1 is 1.03 bits per heavy atom. The summed E-state index contributed by atoms with van der Waals surface area (Å²) in [4.78, 5) is 36.9. The molecule has 0 bridgehead atoms. The third-order valence-electron chi connectivity index (χ3n) is 6.24. The van der Waals surface area contributed by atoms with Crippen LogP contribution in [0.1, 0.15) is 51.9 Å².